The van der Waals surface area contributed by atoms with Crippen LogP contribution >= 0.6 is 0 Å². The average Bonchev–Trinajstić information content (AvgIpc) is 2.10. The van der Waals surface area contributed by atoms with Gasteiger partial charge in [0.1, 0.15) is 5.78 Å². The summed E-state index contributed by atoms with van der Waals surface area (Å²) in [4.78, 5) is 24.5. The van der Waals surface area contributed by atoms with Crippen molar-refractivity contribution in [1.29, 1.82) is 0 Å². The summed E-state index contributed by atoms with van der Waals surface area (Å²) in [7, 11) is 0. The van der Waals surface area contributed by atoms with Gasteiger partial charge in [0.2, 0.25) is 5.91 Å². The quantitative estimate of drug-likeness (QED) is 0.631. The molecule has 0 atom stereocenters. The molecule has 0 aromatic heterocycles. The number of rotatable bonds is 6. The molecule has 86 valence electrons. The van der Waals surface area contributed by atoms with Gasteiger partial charge in [-0.15, -0.1) is 0 Å². The molecular weight excluding hydrogens is 190 g/mol. The van der Waals surface area contributed by atoms with Crippen LogP contribution in [0.4, 0.5) is 0 Å². The second-order valence-electron chi connectivity index (χ2n) is 4.39. The smallest absolute Gasteiger partial charge is 0.246 e. The highest BCUT2D eigenvalue weighted by Gasteiger charge is 2.29. The maximum Gasteiger partial charge on any atom is 0.246 e. The van der Waals surface area contributed by atoms with Crippen LogP contribution in [0.5, 0.6) is 0 Å². The van der Waals surface area contributed by atoms with E-state index < -0.39 is 5.54 Å². The molecule has 0 saturated carbocycles. The Morgan fingerprint density at radius 2 is 1.93 bits per heavy atom. The van der Waals surface area contributed by atoms with E-state index in [1.807, 2.05) is 20.8 Å². The van der Waals surface area contributed by atoms with Crippen molar-refractivity contribution >= 4 is 11.7 Å². The number of carbonyl (C=O) groups excluding carboxylic acids is 2. The van der Waals surface area contributed by atoms with Gasteiger partial charge in [-0.25, -0.2) is 0 Å². The highest BCUT2D eigenvalue weighted by atomic mass is 16.2. The fourth-order valence-electron chi connectivity index (χ4n) is 1.75. The van der Waals surface area contributed by atoms with Crippen LogP contribution < -0.4 is 0 Å². The molecule has 0 rings (SSSR count). The Hall–Kier alpha value is -1.12. The fourth-order valence-corrected chi connectivity index (χ4v) is 1.75. The van der Waals surface area contributed by atoms with Crippen LogP contribution in [-0.2, 0) is 9.59 Å². The first-order valence-electron chi connectivity index (χ1n) is 5.28. The van der Waals surface area contributed by atoms with Gasteiger partial charge >= 0.3 is 0 Å². The highest BCUT2D eigenvalue weighted by Crippen LogP contribution is 2.20. The fraction of sp³-hybridized carbons (Fsp3) is 0.667. The Balaban J connectivity index is 4.79. The van der Waals surface area contributed by atoms with E-state index in [-0.39, 0.29) is 11.7 Å². The molecule has 0 aromatic rings. The molecule has 0 aromatic carbocycles. The minimum atomic E-state index is -0.423. The predicted molar refractivity (Wildman–Crippen MR) is 61.6 cm³/mol. The monoisotopic (exact) mass is 211 g/mol. The lowest BCUT2D eigenvalue weighted by Gasteiger charge is -2.37. The van der Waals surface area contributed by atoms with Crippen LogP contribution in [-0.4, -0.2) is 28.7 Å². The highest BCUT2D eigenvalue weighted by molar-refractivity contribution is 5.88. The molecule has 0 aliphatic heterocycles. The minimum absolute atomic E-state index is 0.0953. The minimum Gasteiger partial charge on any atom is -0.334 e. The number of carbonyl (C=O) groups is 2. The van der Waals surface area contributed by atoms with Crippen molar-refractivity contribution < 1.29 is 9.59 Å². The summed E-state index contributed by atoms with van der Waals surface area (Å²) in [5.74, 6) is -0.0129. The molecule has 0 aliphatic carbocycles. The van der Waals surface area contributed by atoms with Crippen molar-refractivity contribution in [2.75, 3.05) is 6.54 Å². The van der Waals surface area contributed by atoms with Gasteiger partial charge in [0.15, 0.2) is 0 Å². The van der Waals surface area contributed by atoms with Gasteiger partial charge in [0.25, 0.3) is 0 Å². The van der Waals surface area contributed by atoms with Crippen LogP contribution in [0.25, 0.3) is 0 Å². The van der Waals surface area contributed by atoms with Gasteiger partial charge in [-0.1, -0.05) is 13.5 Å². The summed E-state index contributed by atoms with van der Waals surface area (Å²) in [5, 5.41) is 0. The Labute approximate surface area is 92.1 Å². The molecule has 0 N–H and O–H groups in total. The molecule has 0 bridgehead atoms. The first-order valence-corrected chi connectivity index (χ1v) is 5.28. The SMILES string of the molecule is C=CC(=O)N(CCC)C(C)(C)CC(C)=O. The van der Waals surface area contributed by atoms with Crippen LogP contribution in [0.1, 0.15) is 40.5 Å². The van der Waals surface area contributed by atoms with E-state index in [9.17, 15) is 9.59 Å². The Morgan fingerprint density at radius 1 is 1.40 bits per heavy atom. The Morgan fingerprint density at radius 3 is 2.27 bits per heavy atom. The van der Waals surface area contributed by atoms with Crippen molar-refractivity contribution in [3.63, 3.8) is 0 Å². The average molecular weight is 211 g/mol. The molecule has 0 unspecified atom stereocenters. The van der Waals surface area contributed by atoms with E-state index >= 15 is 0 Å². The largest absolute Gasteiger partial charge is 0.334 e. The third-order valence-electron chi connectivity index (χ3n) is 2.30. The van der Waals surface area contributed by atoms with Gasteiger partial charge < -0.3 is 4.90 Å². The van der Waals surface area contributed by atoms with Crippen LogP contribution in [0.2, 0.25) is 0 Å². The lowest BCUT2D eigenvalue weighted by molar-refractivity contribution is -0.133. The molecule has 0 spiro atoms. The zero-order valence-electron chi connectivity index (χ0n) is 10.2. The van der Waals surface area contributed by atoms with E-state index in [1.54, 1.807) is 11.8 Å². The summed E-state index contributed by atoms with van der Waals surface area (Å²) in [6.07, 6.45) is 2.56. The molecule has 0 heterocycles. The first kappa shape index (κ1) is 13.9. The number of hydrogen-bond acceptors (Lipinski definition) is 2. The normalized spacial score (nSPS) is 10.9. The Kier molecular flexibility index (Phi) is 5.26. The van der Waals surface area contributed by atoms with Gasteiger partial charge in [0, 0.05) is 18.5 Å². The number of Topliss-reactive ketones (excluding diaryl/α,β-unsaturated/α-hetero) is 1. The van der Waals surface area contributed by atoms with Crippen molar-refractivity contribution in [1.82, 2.24) is 4.90 Å². The van der Waals surface area contributed by atoms with Crippen LogP contribution in [0.15, 0.2) is 12.7 Å². The molecule has 3 heteroatoms. The molecule has 0 aliphatic rings. The van der Waals surface area contributed by atoms with Crippen LogP contribution in [0, 0.1) is 0 Å². The number of amides is 1. The summed E-state index contributed by atoms with van der Waals surface area (Å²) in [6.45, 7) is 11.5. The summed E-state index contributed by atoms with van der Waals surface area (Å²) in [5.41, 5.74) is -0.423. The zero-order chi connectivity index (χ0) is 12.1. The number of hydrogen-bond donors (Lipinski definition) is 0. The molecule has 0 fully saturated rings. The lowest BCUT2D eigenvalue weighted by atomic mass is 9.95. The summed E-state index contributed by atoms with van der Waals surface area (Å²) >= 11 is 0. The van der Waals surface area contributed by atoms with E-state index in [0.717, 1.165) is 6.42 Å². The van der Waals surface area contributed by atoms with E-state index in [2.05, 4.69) is 6.58 Å². The maximum absolute atomic E-state index is 11.6. The van der Waals surface area contributed by atoms with E-state index in [4.69, 9.17) is 0 Å². The third kappa shape index (κ3) is 4.28. The zero-order valence-corrected chi connectivity index (χ0v) is 10.2. The standard InChI is InChI=1S/C12H21NO2/c1-6-8-13(11(15)7-2)12(4,5)9-10(3)14/h7H,2,6,8-9H2,1,3-5H3. The predicted octanol–water partition coefficient (Wildman–Crippen LogP) is 2.17. The molecule has 0 saturated heterocycles. The lowest BCUT2D eigenvalue weighted by Crippen LogP contribution is -2.48. The van der Waals surface area contributed by atoms with E-state index in [0.29, 0.717) is 13.0 Å². The first-order chi connectivity index (χ1) is 6.85. The second kappa shape index (κ2) is 5.69. The van der Waals surface area contributed by atoms with Crippen molar-refractivity contribution in [3.8, 4) is 0 Å². The molecule has 0 radical (unpaired) electrons. The van der Waals surface area contributed by atoms with Gasteiger partial charge in [-0.3, -0.25) is 9.59 Å². The topological polar surface area (TPSA) is 37.4 Å². The number of nitrogens with zero attached hydrogens (tertiary/aromatic N) is 1. The van der Waals surface area contributed by atoms with Gasteiger partial charge in [0.05, 0.1) is 0 Å². The Bertz CT molecular complexity index is 256. The van der Waals surface area contributed by atoms with E-state index in [1.165, 1.54) is 6.08 Å². The van der Waals surface area contributed by atoms with Crippen molar-refractivity contribution in [2.45, 2.75) is 46.1 Å². The second-order valence-corrected chi connectivity index (χ2v) is 4.39. The number of ketones is 1. The third-order valence-corrected chi connectivity index (χ3v) is 2.30. The van der Waals surface area contributed by atoms with Gasteiger partial charge in [-0.05, 0) is 33.3 Å². The van der Waals surface area contributed by atoms with Gasteiger partial charge in [-0.2, -0.15) is 0 Å². The molecule has 1 amide bonds. The van der Waals surface area contributed by atoms with Crippen molar-refractivity contribution in [2.24, 2.45) is 0 Å². The molecular formula is C12H21NO2. The molecule has 15 heavy (non-hydrogen) atoms. The van der Waals surface area contributed by atoms with Crippen LogP contribution in [0.3, 0.4) is 0 Å². The molecule has 3 nitrogen and oxygen atoms in total. The maximum atomic E-state index is 11.6. The summed E-state index contributed by atoms with van der Waals surface area (Å²) in [6, 6.07) is 0. The summed E-state index contributed by atoms with van der Waals surface area (Å²) < 4.78 is 0. The van der Waals surface area contributed by atoms with Crippen molar-refractivity contribution in [3.05, 3.63) is 12.7 Å².